The average molecular weight is 337 g/mol. The summed E-state index contributed by atoms with van der Waals surface area (Å²) in [4.78, 5) is 0. The third-order valence-corrected chi connectivity index (χ3v) is 4.48. The highest BCUT2D eigenvalue weighted by Gasteiger charge is 2.33. The molecule has 0 spiro atoms. The Morgan fingerprint density at radius 3 is 2.28 bits per heavy atom. The summed E-state index contributed by atoms with van der Waals surface area (Å²) < 4.78 is 0. The van der Waals surface area contributed by atoms with Crippen LogP contribution < -0.4 is 5.73 Å². The Bertz CT molecular complexity index is 662. The zero-order valence-corrected chi connectivity index (χ0v) is 15.9. The van der Waals surface area contributed by atoms with Crippen LogP contribution in [0.1, 0.15) is 50.7 Å². The second kappa shape index (κ2) is 9.95. The van der Waals surface area contributed by atoms with Gasteiger partial charge in [-0.2, -0.15) is 0 Å². The van der Waals surface area contributed by atoms with Crippen molar-refractivity contribution in [3.05, 3.63) is 84.0 Å². The lowest BCUT2D eigenvalue weighted by atomic mass is 9.77. The minimum absolute atomic E-state index is 0.554. The smallest absolute Gasteiger partial charge is 0.101 e. The first-order chi connectivity index (χ1) is 11.8. The number of hydrogen-bond acceptors (Lipinski definition) is 2. The highest BCUT2D eigenvalue weighted by Crippen LogP contribution is 2.30. The minimum atomic E-state index is -0.873. The summed E-state index contributed by atoms with van der Waals surface area (Å²) >= 11 is 0. The maximum absolute atomic E-state index is 8.70. The molecule has 0 aliphatic heterocycles. The molecule has 0 aliphatic rings. The van der Waals surface area contributed by atoms with Crippen LogP contribution in [0.5, 0.6) is 0 Å². The monoisotopic (exact) mass is 336 g/mol. The largest absolute Gasteiger partial charge is 0.313 e. The van der Waals surface area contributed by atoms with Crippen LogP contribution in [-0.2, 0) is 5.54 Å². The number of nitrogens with two attached hydrogens (primary N) is 1. The molecule has 1 aromatic rings. The van der Waals surface area contributed by atoms with E-state index in [1.807, 2.05) is 44.2 Å². The van der Waals surface area contributed by atoms with E-state index in [0.717, 1.165) is 30.4 Å². The second-order valence-corrected chi connectivity index (χ2v) is 6.79. The van der Waals surface area contributed by atoms with Crippen molar-refractivity contribution in [2.75, 3.05) is 0 Å². The number of aryl methyl sites for hydroxylation is 1. The number of nitrogens with one attached hydrogen (secondary N) is 1. The number of allylic oxidation sites excluding steroid dienone is 5. The lowest BCUT2D eigenvalue weighted by Gasteiger charge is -2.32. The standard InChI is InChI=1S/C23H32N2/c1-6-7-8-12-20(5)23(25,21-16-14-19(4)15-17-21)22(24)13-10-9-11-18(2)3/h6-8,12,14-17,24H,1-2,9-11,13,25H2,3-5H3/b8-7-,20-12+,24-22?. The van der Waals surface area contributed by atoms with Gasteiger partial charge in [0.2, 0.25) is 0 Å². The van der Waals surface area contributed by atoms with Crippen LogP contribution in [0, 0.1) is 12.3 Å². The summed E-state index contributed by atoms with van der Waals surface area (Å²) in [6.45, 7) is 13.7. The molecule has 3 N–H and O–H groups in total. The molecule has 0 heterocycles. The van der Waals surface area contributed by atoms with Gasteiger partial charge in [0.25, 0.3) is 0 Å². The first-order valence-electron chi connectivity index (χ1n) is 8.87. The van der Waals surface area contributed by atoms with E-state index in [0.29, 0.717) is 12.1 Å². The molecule has 0 saturated carbocycles. The van der Waals surface area contributed by atoms with Gasteiger partial charge in [0.15, 0.2) is 0 Å². The molecular weight excluding hydrogens is 304 g/mol. The van der Waals surface area contributed by atoms with Crippen LogP contribution >= 0.6 is 0 Å². The molecule has 0 aromatic heterocycles. The van der Waals surface area contributed by atoms with Crippen LogP contribution in [0.25, 0.3) is 0 Å². The predicted octanol–water partition coefficient (Wildman–Crippen LogP) is 5.99. The maximum atomic E-state index is 8.70. The number of hydrogen-bond donors (Lipinski definition) is 2. The van der Waals surface area contributed by atoms with Gasteiger partial charge in [-0.15, -0.1) is 6.58 Å². The Labute approximate surface area is 153 Å². The van der Waals surface area contributed by atoms with Gasteiger partial charge in [-0.3, -0.25) is 0 Å². The average Bonchev–Trinajstić information content (AvgIpc) is 2.58. The zero-order valence-electron chi connectivity index (χ0n) is 15.9. The van der Waals surface area contributed by atoms with Gasteiger partial charge < -0.3 is 11.1 Å². The predicted molar refractivity (Wildman–Crippen MR) is 111 cm³/mol. The fourth-order valence-corrected chi connectivity index (χ4v) is 2.79. The van der Waals surface area contributed by atoms with E-state index in [4.69, 9.17) is 11.1 Å². The molecule has 2 nitrogen and oxygen atoms in total. The van der Waals surface area contributed by atoms with E-state index in [9.17, 15) is 0 Å². The minimum Gasteiger partial charge on any atom is -0.313 e. The third kappa shape index (κ3) is 5.99. The van der Waals surface area contributed by atoms with Crippen LogP contribution in [0.4, 0.5) is 0 Å². The van der Waals surface area contributed by atoms with Crippen LogP contribution in [0.3, 0.4) is 0 Å². The van der Waals surface area contributed by atoms with Crippen LogP contribution in [-0.4, -0.2) is 5.71 Å². The number of unbranched alkanes of at least 4 members (excludes halogenated alkanes) is 1. The first-order valence-corrected chi connectivity index (χ1v) is 8.87. The van der Waals surface area contributed by atoms with E-state index < -0.39 is 5.54 Å². The van der Waals surface area contributed by atoms with Gasteiger partial charge >= 0.3 is 0 Å². The molecule has 0 aliphatic carbocycles. The van der Waals surface area contributed by atoms with E-state index in [-0.39, 0.29) is 0 Å². The SMILES string of the molecule is C=C/C=C\C=C(/C)C(N)(C(=N)CCCCC(=C)C)c1ccc(C)cc1. The van der Waals surface area contributed by atoms with Gasteiger partial charge in [-0.25, -0.2) is 0 Å². The Balaban J connectivity index is 3.09. The van der Waals surface area contributed by atoms with Gasteiger partial charge in [0.1, 0.15) is 5.54 Å². The lowest BCUT2D eigenvalue weighted by Crippen LogP contribution is -2.45. The molecular formula is C23H32N2. The molecule has 0 fully saturated rings. The van der Waals surface area contributed by atoms with Crippen molar-refractivity contribution in [3.63, 3.8) is 0 Å². The molecule has 0 amide bonds. The maximum Gasteiger partial charge on any atom is 0.101 e. The van der Waals surface area contributed by atoms with Gasteiger partial charge in [0, 0.05) is 5.71 Å². The van der Waals surface area contributed by atoms with Crippen molar-refractivity contribution in [2.24, 2.45) is 5.73 Å². The van der Waals surface area contributed by atoms with E-state index in [1.165, 1.54) is 11.1 Å². The quantitative estimate of drug-likeness (QED) is 0.234. The Morgan fingerprint density at radius 1 is 1.12 bits per heavy atom. The van der Waals surface area contributed by atoms with E-state index >= 15 is 0 Å². The molecule has 1 atom stereocenters. The first kappa shape index (κ1) is 20.9. The van der Waals surface area contributed by atoms with Gasteiger partial charge in [0.05, 0.1) is 0 Å². The lowest BCUT2D eigenvalue weighted by molar-refractivity contribution is 0.661. The summed E-state index contributed by atoms with van der Waals surface area (Å²) in [6, 6.07) is 8.18. The van der Waals surface area contributed by atoms with E-state index in [1.54, 1.807) is 6.08 Å². The Hall–Kier alpha value is -2.19. The Morgan fingerprint density at radius 2 is 1.72 bits per heavy atom. The zero-order chi connectivity index (χ0) is 18.9. The van der Waals surface area contributed by atoms with Crippen molar-refractivity contribution in [2.45, 2.75) is 52.0 Å². The van der Waals surface area contributed by atoms with Gasteiger partial charge in [-0.1, -0.05) is 66.3 Å². The summed E-state index contributed by atoms with van der Waals surface area (Å²) in [5.74, 6) is 0. The highest BCUT2D eigenvalue weighted by atomic mass is 14.8. The van der Waals surface area contributed by atoms with E-state index in [2.05, 4.69) is 32.2 Å². The number of benzene rings is 1. The summed E-state index contributed by atoms with van der Waals surface area (Å²) in [7, 11) is 0. The van der Waals surface area contributed by atoms with Crippen molar-refractivity contribution in [1.82, 2.24) is 0 Å². The summed E-state index contributed by atoms with van der Waals surface area (Å²) in [5.41, 5.74) is 10.8. The highest BCUT2D eigenvalue weighted by molar-refractivity contribution is 5.95. The molecule has 2 heteroatoms. The molecule has 25 heavy (non-hydrogen) atoms. The molecule has 1 aromatic carbocycles. The second-order valence-electron chi connectivity index (χ2n) is 6.79. The molecule has 1 rings (SSSR count). The summed E-state index contributed by atoms with van der Waals surface area (Å²) in [6.07, 6.45) is 11.2. The third-order valence-electron chi connectivity index (χ3n) is 4.48. The van der Waals surface area contributed by atoms with Gasteiger partial charge in [-0.05, 0) is 57.6 Å². The Kier molecular flexibility index (Phi) is 8.30. The number of rotatable bonds is 10. The molecule has 0 bridgehead atoms. The molecule has 0 saturated heterocycles. The topological polar surface area (TPSA) is 49.9 Å². The molecule has 1 unspecified atom stereocenters. The van der Waals surface area contributed by atoms with Crippen molar-refractivity contribution in [1.29, 1.82) is 5.41 Å². The molecule has 0 radical (unpaired) electrons. The summed E-state index contributed by atoms with van der Waals surface area (Å²) in [5, 5.41) is 8.70. The fourth-order valence-electron chi connectivity index (χ4n) is 2.79. The fraction of sp³-hybridized carbons (Fsp3) is 0.348. The normalized spacial score (nSPS) is 14.3. The van der Waals surface area contributed by atoms with Crippen LogP contribution in [0.15, 0.2) is 72.9 Å². The van der Waals surface area contributed by atoms with Crippen molar-refractivity contribution < 1.29 is 0 Å². The van der Waals surface area contributed by atoms with Crippen molar-refractivity contribution in [3.8, 4) is 0 Å². The van der Waals surface area contributed by atoms with Crippen molar-refractivity contribution >= 4 is 5.71 Å². The molecule has 134 valence electrons. The van der Waals surface area contributed by atoms with Crippen LogP contribution in [0.2, 0.25) is 0 Å².